The van der Waals surface area contributed by atoms with E-state index >= 15 is 0 Å². The monoisotopic (exact) mass is 324 g/mol. The standard InChI is InChI=1S/C13H18F2N2O3.ClH/c1-8-4-3-5-10(20-13(14)15)12(8)17-11(18)6-9(7-16)19-2;/h3-5,9,13H,6-7,16H2,1-2H3,(H,17,18);1H. The molecule has 120 valence electrons. The highest BCUT2D eigenvalue weighted by Crippen LogP contribution is 2.29. The SMILES string of the molecule is COC(CN)CC(=O)Nc1c(C)cccc1OC(F)F.Cl. The summed E-state index contributed by atoms with van der Waals surface area (Å²) < 4.78 is 34.0. The van der Waals surface area contributed by atoms with E-state index in [2.05, 4.69) is 10.1 Å². The van der Waals surface area contributed by atoms with Crippen LogP contribution in [0.15, 0.2) is 18.2 Å². The van der Waals surface area contributed by atoms with E-state index in [1.807, 2.05) is 0 Å². The number of anilines is 1. The Kier molecular flexibility index (Phi) is 8.84. The maximum atomic E-state index is 12.3. The fraction of sp³-hybridized carbons (Fsp3) is 0.462. The van der Waals surface area contributed by atoms with Crippen molar-refractivity contribution in [3.63, 3.8) is 0 Å². The molecular weight excluding hydrogens is 306 g/mol. The van der Waals surface area contributed by atoms with Gasteiger partial charge >= 0.3 is 6.61 Å². The third-order valence-electron chi connectivity index (χ3n) is 2.72. The van der Waals surface area contributed by atoms with Crippen molar-refractivity contribution >= 4 is 24.0 Å². The lowest BCUT2D eigenvalue weighted by Crippen LogP contribution is -2.28. The van der Waals surface area contributed by atoms with Crippen LogP contribution in [-0.2, 0) is 9.53 Å². The van der Waals surface area contributed by atoms with Crippen molar-refractivity contribution in [2.45, 2.75) is 26.1 Å². The molecule has 1 atom stereocenters. The molecule has 1 aromatic rings. The van der Waals surface area contributed by atoms with Crippen LogP contribution in [0.3, 0.4) is 0 Å². The van der Waals surface area contributed by atoms with E-state index in [0.717, 1.165) is 0 Å². The molecule has 0 aliphatic heterocycles. The molecule has 0 heterocycles. The van der Waals surface area contributed by atoms with Crippen LogP contribution in [0, 0.1) is 6.92 Å². The van der Waals surface area contributed by atoms with Crippen molar-refractivity contribution in [1.29, 1.82) is 0 Å². The zero-order valence-corrected chi connectivity index (χ0v) is 12.6. The average Bonchev–Trinajstić information content (AvgIpc) is 2.39. The van der Waals surface area contributed by atoms with Crippen LogP contribution in [0.1, 0.15) is 12.0 Å². The second-order valence-electron chi connectivity index (χ2n) is 4.17. The summed E-state index contributed by atoms with van der Waals surface area (Å²) in [5.41, 5.74) is 6.27. The maximum Gasteiger partial charge on any atom is 0.387 e. The Hall–Kier alpha value is -1.44. The first-order valence-corrected chi connectivity index (χ1v) is 6.05. The number of para-hydroxylation sites is 1. The Balaban J connectivity index is 0.00000400. The molecule has 1 unspecified atom stereocenters. The highest BCUT2D eigenvalue weighted by atomic mass is 35.5. The van der Waals surface area contributed by atoms with E-state index in [4.69, 9.17) is 10.5 Å². The van der Waals surface area contributed by atoms with E-state index < -0.39 is 12.7 Å². The minimum Gasteiger partial charge on any atom is -0.433 e. The Labute approximate surface area is 128 Å². The molecule has 0 aromatic heterocycles. The number of carbonyl (C=O) groups is 1. The number of hydrogen-bond donors (Lipinski definition) is 2. The number of carbonyl (C=O) groups excluding carboxylic acids is 1. The summed E-state index contributed by atoms with van der Waals surface area (Å²) in [6.45, 7) is -1.08. The Morgan fingerprint density at radius 3 is 2.62 bits per heavy atom. The number of hydrogen-bond acceptors (Lipinski definition) is 4. The topological polar surface area (TPSA) is 73.6 Å². The second kappa shape index (κ2) is 9.49. The molecule has 3 N–H and O–H groups in total. The lowest BCUT2D eigenvalue weighted by molar-refractivity contribution is -0.118. The molecule has 0 spiro atoms. The van der Waals surface area contributed by atoms with Gasteiger partial charge in [0, 0.05) is 13.7 Å². The van der Waals surface area contributed by atoms with Gasteiger partial charge in [0.1, 0.15) is 5.75 Å². The fourth-order valence-corrected chi connectivity index (χ4v) is 1.66. The Morgan fingerprint density at radius 2 is 2.10 bits per heavy atom. The zero-order valence-electron chi connectivity index (χ0n) is 11.8. The van der Waals surface area contributed by atoms with E-state index in [-0.39, 0.29) is 42.7 Å². The number of amides is 1. The number of benzene rings is 1. The van der Waals surface area contributed by atoms with Crippen LogP contribution in [0.25, 0.3) is 0 Å². The van der Waals surface area contributed by atoms with Crippen molar-refractivity contribution in [3.8, 4) is 5.75 Å². The van der Waals surface area contributed by atoms with Crippen LogP contribution in [-0.4, -0.2) is 32.3 Å². The molecule has 1 rings (SSSR count). The largest absolute Gasteiger partial charge is 0.433 e. The van der Waals surface area contributed by atoms with Gasteiger partial charge in [-0.1, -0.05) is 12.1 Å². The smallest absolute Gasteiger partial charge is 0.387 e. The van der Waals surface area contributed by atoms with Crippen LogP contribution in [0.2, 0.25) is 0 Å². The van der Waals surface area contributed by atoms with Crippen molar-refractivity contribution in [2.24, 2.45) is 5.73 Å². The van der Waals surface area contributed by atoms with Crippen LogP contribution < -0.4 is 15.8 Å². The third kappa shape index (κ3) is 6.24. The van der Waals surface area contributed by atoms with Gasteiger partial charge in [0.05, 0.1) is 18.2 Å². The Morgan fingerprint density at radius 1 is 1.43 bits per heavy atom. The van der Waals surface area contributed by atoms with Gasteiger partial charge in [-0.2, -0.15) is 8.78 Å². The first kappa shape index (κ1) is 19.6. The first-order valence-electron chi connectivity index (χ1n) is 6.05. The van der Waals surface area contributed by atoms with E-state index in [1.165, 1.54) is 13.2 Å². The predicted octanol–water partition coefficient (Wildman–Crippen LogP) is 2.32. The molecule has 0 fully saturated rings. The number of ether oxygens (including phenoxy) is 2. The Bertz CT molecular complexity index is 457. The highest BCUT2D eigenvalue weighted by Gasteiger charge is 2.16. The normalized spacial score (nSPS) is 11.7. The summed E-state index contributed by atoms with van der Waals surface area (Å²) >= 11 is 0. The van der Waals surface area contributed by atoms with Crippen LogP contribution in [0.5, 0.6) is 5.75 Å². The molecule has 0 saturated carbocycles. The lowest BCUT2D eigenvalue weighted by atomic mass is 10.1. The fourth-order valence-electron chi connectivity index (χ4n) is 1.66. The number of nitrogens with two attached hydrogens (primary N) is 1. The van der Waals surface area contributed by atoms with E-state index in [0.29, 0.717) is 5.56 Å². The minimum atomic E-state index is -2.96. The molecule has 8 heteroatoms. The summed E-state index contributed by atoms with van der Waals surface area (Å²) in [5, 5.41) is 2.55. The van der Waals surface area contributed by atoms with Crippen molar-refractivity contribution in [1.82, 2.24) is 0 Å². The number of methoxy groups -OCH3 is 1. The molecular formula is C13H19ClF2N2O3. The molecule has 0 aliphatic carbocycles. The molecule has 1 amide bonds. The van der Waals surface area contributed by atoms with Crippen LogP contribution >= 0.6 is 12.4 Å². The van der Waals surface area contributed by atoms with Gasteiger partial charge in [0.15, 0.2) is 0 Å². The summed E-state index contributed by atoms with van der Waals surface area (Å²) in [7, 11) is 1.45. The van der Waals surface area contributed by atoms with Crippen molar-refractivity contribution in [2.75, 3.05) is 19.0 Å². The highest BCUT2D eigenvalue weighted by molar-refractivity contribution is 5.93. The zero-order chi connectivity index (χ0) is 15.1. The first-order chi connectivity index (χ1) is 9.47. The molecule has 0 radical (unpaired) electrons. The number of rotatable bonds is 7. The van der Waals surface area contributed by atoms with Gasteiger partial charge in [-0.25, -0.2) is 0 Å². The van der Waals surface area contributed by atoms with E-state index in [9.17, 15) is 13.6 Å². The number of nitrogens with one attached hydrogen (secondary N) is 1. The second-order valence-corrected chi connectivity index (χ2v) is 4.17. The van der Waals surface area contributed by atoms with E-state index in [1.54, 1.807) is 19.1 Å². The van der Waals surface area contributed by atoms with Gasteiger partial charge in [-0.15, -0.1) is 12.4 Å². The van der Waals surface area contributed by atoms with Gasteiger partial charge < -0.3 is 20.5 Å². The van der Waals surface area contributed by atoms with Gasteiger partial charge in [0.25, 0.3) is 0 Å². The van der Waals surface area contributed by atoms with Crippen LogP contribution in [0.4, 0.5) is 14.5 Å². The molecule has 5 nitrogen and oxygen atoms in total. The third-order valence-corrected chi connectivity index (χ3v) is 2.72. The number of aryl methyl sites for hydroxylation is 1. The molecule has 21 heavy (non-hydrogen) atoms. The summed E-state index contributed by atoms with van der Waals surface area (Å²) in [4.78, 5) is 11.8. The molecule has 0 aliphatic rings. The summed E-state index contributed by atoms with van der Waals surface area (Å²) in [5.74, 6) is -0.453. The van der Waals surface area contributed by atoms with Gasteiger partial charge in [0.2, 0.25) is 5.91 Å². The number of alkyl halides is 2. The molecule has 1 aromatic carbocycles. The number of halogens is 3. The predicted molar refractivity (Wildman–Crippen MR) is 78.2 cm³/mol. The lowest BCUT2D eigenvalue weighted by Gasteiger charge is -2.16. The molecule has 0 bridgehead atoms. The van der Waals surface area contributed by atoms with Gasteiger partial charge in [-0.3, -0.25) is 4.79 Å². The van der Waals surface area contributed by atoms with Crippen molar-refractivity contribution in [3.05, 3.63) is 23.8 Å². The summed E-state index contributed by atoms with van der Waals surface area (Å²) in [6, 6.07) is 4.62. The van der Waals surface area contributed by atoms with Crippen molar-refractivity contribution < 1.29 is 23.0 Å². The average molecular weight is 325 g/mol. The molecule has 0 saturated heterocycles. The van der Waals surface area contributed by atoms with Gasteiger partial charge in [-0.05, 0) is 18.6 Å². The minimum absolute atomic E-state index is 0. The quantitative estimate of drug-likeness (QED) is 0.807. The summed E-state index contributed by atoms with van der Waals surface area (Å²) in [6.07, 6.45) is -0.381. The maximum absolute atomic E-state index is 12.3.